The minimum atomic E-state index is -0.835. The van der Waals surface area contributed by atoms with Gasteiger partial charge in [0.25, 0.3) is 0 Å². The highest BCUT2D eigenvalue weighted by Crippen LogP contribution is 2.20. The number of benzene rings is 1. The van der Waals surface area contributed by atoms with Crippen molar-refractivity contribution in [1.29, 1.82) is 0 Å². The topological polar surface area (TPSA) is 57.6 Å². The number of carbonyl (C=O) groups is 2. The van der Waals surface area contributed by atoms with E-state index in [9.17, 15) is 9.59 Å². The molecule has 0 amide bonds. The molecule has 4 heteroatoms. The summed E-state index contributed by atoms with van der Waals surface area (Å²) in [5, 5.41) is 8.69. The summed E-state index contributed by atoms with van der Waals surface area (Å²) in [7, 11) is 0. The zero-order valence-electron chi connectivity index (χ0n) is 9.50. The van der Waals surface area contributed by atoms with Gasteiger partial charge in [-0.1, -0.05) is 30.3 Å². The fraction of sp³-hybridized carbons (Fsp3) is 0.385. The molecular formula is C13H15NO3. The Bertz CT molecular complexity index is 416. The van der Waals surface area contributed by atoms with Crippen LogP contribution in [-0.4, -0.2) is 41.4 Å². The molecule has 0 radical (unpaired) electrons. The molecule has 17 heavy (non-hydrogen) atoms. The van der Waals surface area contributed by atoms with Gasteiger partial charge >= 0.3 is 5.97 Å². The fourth-order valence-electron chi connectivity index (χ4n) is 2.22. The molecule has 1 unspecified atom stereocenters. The standard InChI is InChI=1S/C13H15NO3/c15-12(16)9-14-7-6-11(8-14)13(17)10-4-2-1-3-5-10/h1-5,11H,6-9H2,(H,15,16). The van der Waals surface area contributed by atoms with Crippen LogP contribution in [0.1, 0.15) is 16.8 Å². The molecule has 1 aliphatic heterocycles. The summed E-state index contributed by atoms with van der Waals surface area (Å²) >= 11 is 0. The van der Waals surface area contributed by atoms with Gasteiger partial charge in [-0.3, -0.25) is 14.5 Å². The maximum absolute atomic E-state index is 12.1. The van der Waals surface area contributed by atoms with Crippen LogP contribution in [0.4, 0.5) is 0 Å². The van der Waals surface area contributed by atoms with Crippen molar-refractivity contribution in [3.63, 3.8) is 0 Å². The van der Waals surface area contributed by atoms with Crippen molar-refractivity contribution in [3.05, 3.63) is 35.9 Å². The van der Waals surface area contributed by atoms with Crippen LogP contribution in [0.15, 0.2) is 30.3 Å². The second kappa shape index (κ2) is 5.10. The van der Waals surface area contributed by atoms with Gasteiger partial charge in [0.05, 0.1) is 6.54 Å². The summed E-state index contributed by atoms with van der Waals surface area (Å²) in [6, 6.07) is 9.18. The summed E-state index contributed by atoms with van der Waals surface area (Å²) in [6.45, 7) is 1.27. The second-order valence-corrected chi connectivity index (χ2v) is 4.34. The monoisotopic (exact) mass is 233 g/mol. The van der Waals surface area contributed by atoms with Gasteiger partial charge in [-0.05, 0) is 13.0 Å². The molecule has 90 valence electrons. The molecule has 1 fully saturated rings. The Morgan fingerprint density at radius 3 is 2.65 bits per heavy atom. The first-order chi connectivity index (χ1) is 8.16. The zero-order chi connectivity index (χ0) is 12.3. The lowest BCUT2D eigenvalue weighted by atomic mass is 9.97. The molecule has 1 aromatic carbocycles. The molecule has 0 aliphatic carbocycles. The molecule has 0 aromatic heterocycles. The van der Waals surface area contributed by atoms with Gasteiger partial charge in [-0.2, -0.15) is 0 Å². The van der Waals surface area contributed by atoms with Crippen molar-refractivity contribution in [3.8, 4) is 0 Å². The van der Waals surface area contributed by atoms with Crippen LogP contribution in [0.2, 0.25) is 0 Å². The third-order valence-corrected chi connectivity index (χ3v) is 3.06. The highest BCUT2D eigenvalue weighted by Gasteiger charge is 2.29. The van der Waals surface area contributed by atoms with Crippen molar-refractivity contribution < 1.29 is 14.7 Å². The lowest BCUT2D eigenvalue weighted by Gasteiger charge is -2.12. The number of rotatable bonds is 4. The van der Waals surface area contributed by atoms with Gasteiger partial charge in [0.1, 0.15) is 0 Å². The summed E-state index contributed by atoms with van der Waals surface area (Å²) < 4.78 is 0. The van der Waals surface area contributed by atoms with E-state index >= 15 is 0 Å². The third kappa shape index (κ3) is 2.91. The van der Waals surface area contributed by atoms with E-state index in [0.717, 1.165) is 12.0 Å². The van der Waals surface area contributed by atoms with Crippen LogP contribution in [0.25, 0.3) is 0 Å². The van der Waals surface area contributed by atoms with Gasteiger partial charge in [0.15, 0.2) is 5.78 Å². The fourth-order valence-corrected chi connectivity index (χ4v) is 2.22. The number of hydrogen-bond donors (Lipinski definition) is 1. The first-order valence-electron chi connectivity index (χ1n) is 5.70. The number of aliphatic carboxylic acids is 1. The Morgan fingerprint density at radius 1 is 1.29 bits per heavy atom. The predicted octanol–water partition coefficient (Wildman–Crippen LogP) is 1.28. The molecule has 2 rings (SSSR count). The Labute approximate surface area is 99.9 Å². The number of carboxylic acids is 1. The van der Waals surface area contributed by atoms with Crippen LogP contribution in [0, 0.1) is 5.92 Å². The Kier molecular flexibility index (Phi) is 3.54. The first-order valence-corrected chi connectivity index (χ1v) is 5.70. The molecule has 0 bridgehead atoms. The van der Waals surface area contributed by atoms with Crippen LogP contribution in [0.5, 0.6) is 0 Å². The van der Waals surface area contributed by atoms with Gasteiger partial charge in [0, 0.05) is 18.0 Å². The van der Waals surface area contributed by atoms with Crippen molar-refractivity contribution >= 4 is 11.8 Å². The average Bonchev–Trinajstić information content (AvgIpc) is 2.77. The van der Waals surface area contributed by atoms with Gasteiger partial charge < -0.3 is 5.11 Å². The lowest BCUT2D eigenvalue weighted by molar-refractivity contribution is -0.138. The normalized spacial score (nSPS) is 20.4. The average molecular weight is 233 g/mol. The molecular weight excluding hydrogens is 218 g/mol. The molecule has 1 heterocycles. The Balaban J connectivity index is 1.97. The summed E-state index contributed by atoms with van der Waals surface area (Å²) in [4.78, 5) is 24.5. The maximum atomic E-state index is 12.1. The molecule has 0 saturated carbocycles. The van der Waals surface area contributed by atoms with E-state index in [2.05, 4.69) is 0 Å². The number of Topliss-reactive ketones (excluding diaryl/α,β-unsaturated/α-hetero) is 1. The van der Waals surface area contributed by atoms with E-state index in [1.165, 1.54) is 0 Å². The van der Waals surface area contributed by atoms with E-state index < -0.39 is 5.97 Å². The van der Waals surface area contributed by atoms with Crippen LogP contribution in [0.3, 0.4) is 0 Å². The molecule has 1 atom stereocenters. The van der Waals surface area contributed by atoms with E-state index in [4.69, 9.17) is 5.11 Å². The van der Waals surface area contributed by atoms with Crippen molar-refractivity contribution in [1.82, 2.24) is 4.90 Å². The highest BCUT2D eigenvalue weighted by atomic mass is 16.4. The summed E-state index contributed by atoms with van der Waals surface area (Å²) in [5.41, 5.74) is 0.717. The number of hydrogen-bond acceptors (Lipinski definition) is 3. The number of ketones is 1. The maximum Gasteiger partial charge on any atom is 0.317 e. The smallest absolute Gasteiger partial charge is 0.317 e. The SMILES string of the molecule is O=C(O)CN1CCC(C(=O)c2ccccc2)C1. The van der Waals surface area contributed by atoms with Crippen molar-refractivity contribution in [2.75, 3.05) is 19.6 Å². The van der Waals surface area contributed by atoms with Crippen LogP contribution >= 0.6 is 0 Å². The highest BCUT2D eigenvalue weighted by molar-refractivity contribution is 5.98. The minimum Gasteiger partial charge on any atom is -0.480 e. The van der Waals surface area contributed by atoms with E-state index in [1.54, 1.807) is 0 Å². The minimum absolute atomic E-state index is 0.0264. The van der Waals surface area contributed by atoms with Gasteiger partial charge in [-0.25, -0.2) is 0 Å². The van der Waals surface area contributed by atoms with E-state index in [1.807, 2.05) is 35.2 Å². The van der Waals surface area contributed by atoms with Gasteiger partial charge in [0.2, 0.25) is 0 Å². The quantitative estimate of drug-likeness (QED) is 0.796. The van der Waals surface area contributed by atoms with Crippen molar-refractivity contribution in [2.45, 2.75) is 6.42 Å². The summed E-state index contributed by atoms with van der Waals surface area (Å²) in [5.74, 6) is -0.770. The largest absolute Gasteiger partial charge is 0.480 e. The Hall–Kier alpha value is -1.68. The zero-order valence-corrected chi connectivity index (χ0v) is 9.50. The molecule has 4 nitrogen and oxygen atoms in total. The molecule has 1 aliphatic rings. The van der Waals surface area contributed by atoms with Gasteiger partial charge in [-0.15, -0.1) is 0 Å². The lowest BCUT2D eigenvalue weighted by Crippen LogP contribution is -2.28. The van der Waals surface area contributed by atoms with E-state index in [-0.39, 0.29) is 18.2 Å². The first kappa shape index (κ1) is 11.8. The molecule has 1 saturated heterocycles. The number of carboxylic acid groups (broad SMARTS) is 1. The number of nitrogens with zero attached hydrogens (tertiary/aromatic N) is 1. The van der Waals surface area contributed by atoms with Crippen LogP contribution in [-0.2, 0) is 4.79 Å². The summed E-state index contributed by atoms with van der Waals surface area (Å²) in [6.07, 6.45) is 0.751. The van der Waals surface area contributed by atoms with Crippen LogP contribution < -0.4 is 0 Å². The molecule has 1 N–H and O–H groups in total. The number of likely N-dealkylation sites (tertiary alicyclic amines) is 1. The number of carbonyl (C=O) groups excluding carboxylic acids is 1. The predicted molar refractivity (Wildman–Crippen MR) is 63.0 cm³/mol. The second-order valence-electron chi connectivity index (χ2n) is 4.34. The van der Waals surface area contributed by atoms with Crippen molar-refractivity contribution in [2.24, 2.45) is 5.92 Å². The van der Waals surface area contributed by atoms with E-state index in [0.29, 0.717) is 13.1 Å². The third-order valence-electron chi connectivity index (χ3n) is 3.06. The molecule has 1 aromatic rings. The molecule has 0 spiro atoms. The Morgan fingerprint density at radius 2 is 2.00 bits per heavy atom.